The minimum atomic E-state index is -0.321. The highest BCUT2D eigenvalue weighted by Crippen LogP contribution is 2.32. The Hall–Kier alpha value is -2.79. The predicted octanol–water partition coefficient (Wildman–Crippen LogP) is 4.06. The molecule has 0 saturated carbocycles. The van der Waals surface area contributed by atoms with Crippen LogP contribution in [0.1, 0.15) is 22.3 Å². The lowest BCUT2D eigenvalue weighted by Crippen LogP contribution is -2.19. The van der Waals surface area contributed by atoms with Crippen molar-refractivity contribution in [2.45, 2.75) is 26.9 Å². The summed E-state index contributed by atoms with van der Waals surface area (Å²) in [4.78, 5) is 14.2. The minimum absolute atomic E-state index is 0.321. The molecule has 27 heavy (non-hydrogen) atoms. The zero-order chi connectivity index (χ0) is 19.6. The lowest BCUT2D eigenvalue weighted by Gasteiger charge is -2.20. The van der Waals surface area contributed by atoms with Gasteiger partial charge in [-0.15, -0.1) is 0 Å². The first-order valence-corrected chi connectivity index (χ1v) is 8.86. The molecule has 0 aliphatic carbocycles. The van der Waals surface area contributed by atoms with E-state index in [9.17, 15) is 4.79 Å². The Balaban J connectivity index is 1.92. The Morgan fingerprint density at radius 2 is 1.74 bits per heavy atom. The number of fused-ring (bicyclic) bond motifs is 1. The molecule has 1 aromatic heterocycles. The van der Waals surface area contributed by atoms with E-state index in [1.807, 2.05) is 45.2 Å². The first-order valence-electron chi connectivity index (χ1n) is 8.86. The molecule has 5 heteroatoms. The van der Waals surface area contributed by atoms with Gasteiger partial charge in [0.1, 0.15) is 5.58 Å². The maximum absolute atomic E-state index is 12.1. The predicted molar refractivity (Wildman–Crippen MR) is 107 cm³/mol. The number of methoxy groups -OCH3 is 2. The van der Waals surface area contributed by atoms with Crippen LogP contribution in [0.4, 0.5) is 0 Å². The SMILES string of the molecule is COc1cccc(CN(C)Cc2cc(=O)oc3c(C)c(C)ccc23)c1OC. The molecule has 0 fully saturated rings. The lowest BCUT2D eigenvalue weighted by molar-refractivity contribution is 0.303. The number of rotatable bonds is 6. The zero-order valence-electron chi connectivity index (χ0n) is 16.5. The summed E-state index contributed by atoms with van der Waals surface area (Å²) in [7, 11) is 5.29. The Morgan fingerprint density at radius 1 is 1.00 bits per heavy atom. The highest BCUT2D eigenvalue weighted by atomic mass is 16.5. The van der Waals surface area contributed by atoms with Gasteiger partial charge in [0.2, 0.25) is 0 Å². The number of hydrogen-bond donors (Lipinski definition) is 0. The van der Waals surface area contributed by atoms with Crippen LogP contribution in [-0.2, 0) is 13.1 Å². The third-order valence-electron chi connectivity index (χ3n) is 4.88. The van der Waals surface area contributed by atoms with Gasteiger partial charge in [0.05, 0.1) is 14.2 Å². The van der Waals surface area contributed by atoms with Crippen LogP contribution < -0.4 is 15.1 Å². The summed E-state index contributed by atoms with van der Waals surface area (Å²) in [6, 6.07) is 11.5. The van der Waals surface area contributed by atoms with E-state index in [1.54, 1.807) is 20.3 Å². The number of ether oxygens (including phenoxy) is 2. The summed E-state index contributed by atoms with van der Waals surface area (Å²) < 4.78 is 16.4. The van der Waals surface area contributed by atoms with Gasteiger partial charge in [0.15, 0.2) is 11.5 Å². The molecule has 0 unspecified atom stereocenters. The molecule has 2 aromatic carbocycles. The van der Waals surface area contributed by atoms with E-state index in [4.69, 9.17) is 13.9 Å². The van der Waals surface area contributed by atoms with Crippen molar-refractivity contribution in [2.75, 3.05) is 21.3 Å². The summed E-state index contributed by atoms with van der Waals surface area (Å²) >= 11 is 0. The van der Waals surface area contributed by atoms with E-state index in [2.05, 4.69) is 11.0 Å². The highest BCUT2D eigenvalue weighted by molar-refractivity contribution is 5.83. The fourth-order valence-electron chi connectivity index (χ4n) is 3.37. The Morgan fingerprint density at radius 3 is 2.44 bits per heavy atom. The van der Waals surface area contributed by atoms with Crippen LogP contribution in [0, 0.1) is 13.8 Å². The van der Waals surface area contributed by atoms with E-state index < -0.39 is 0 Å². The largest absolute Gasteiger partial charge is 0.493 e. The molecule has 1 heterocycles. The minimum Gasteiger partial charge on any atom is -0.493 e. The van der Waals surface area contributed by atoms with Crippen LogP contribution >= 0.6 is 0 Å². The van der Waals surface area contributed by atoms with Crippen LogP contribution in [0.15, 0.2) is 45.6 Å². The average Bonchev–Trinajstić information content (AvgIpc) is 2.64. The molecule has 3 rings (SSSR count). The Kier molecular flexibility index (Phi) is 5.51. The van der Waals surface area contributed by atoms with Gasteiger partial charge in [-0.2, -0.15) is 0 Å². The Labute approximate surface area is 159 Å². The second-order valence-electron chi connectivity index (χ2n) is 6.80. The summed E-state index contributed by atoms with van der Waals surface area (Å²) in [5, 5.41) is 0.974. The molecule has 0 N–H and O–H groups in total. The van der Waals surface area contributed by atoms with Crippen LogP contribution in [0.25, 0.3) is 11.0 Å². The molecule has 0 saturated heterocycles. The summed E-state index contributed by atoms with van der Waals surface area (Å²) in [5.74, 6) is 1.44. The number of aryl methyl sites for hydroxylation is 2. The topological polar surface area (TPSA) is 51.9 Å². The number of nitrogens with zero attached hydrogens (tertiary/aromatic N) is 1. The van der Waals surface area contributed by atoms with Crippen molar-refractivity contribution >= 4 is 11.0 Å². The van der Waals surface area contributed by atoms with Gasteiger partial charge in [-0.1, -0.05) is 24.3 Å². The summed E-state index contributed by atoms with van der Waals surface area (Å²) in [5.41, 5.74) is 4.44. The standard InChI is InChI=1S/C22H25NO4/c1-14-9-10-18-17(11-20(24)27-21(18)15(14)2)13-23(3)12-16-7-6-8-19(25-4)22(16)26-5/h6-11H,12-13H2,1-5H3. The molecule has 0 bridgehead atoms. The van der Waals surface area contributed by atoms with Crippen molar-refractivity contribution in [3.05, 3.63) is 69.1 Å². The third-order valence-corrected chi connectivity index (χ3v) is 4.88. The average molecular weight is 367 g/mol. The summed E-state index contributed by atoms with van der Waals surface area (Å²) in [6.07, 6.45) is 0. The van der Waals surface area contributed by atoms with E-state index in [1.165, 1.54) is 0 Å². The second kappa shape index (κ2) is 7.84. The second-order valence-corrected chi connectivity index (χ2v) is 6.80. The highest BCUT2D eigenvalue weighted by Gasteiger charge is 2.14. The van der Waals surface area contributed by atoms with E-state index in [-0.39, 0.29) is 5.63 Å². The maximum atomic E-state index is 12.1. The summed E-state index contributed by atoms with van der Waals surface area (Å²) in [6.45, 7) is 5.27. The van der Waals surface area contributed by atoms with Crippen molar-refractivity contribution in [3.63, 3.8) is 0 Å². The van der Waals surface area contributed by atoms with Gasteiger partial charge in [0.25, 0.3) is 0 Å². The maximum Gasteiger partial charge on any atom is 0.336 e. The van der Waals surface area contributed by atoms with Crippen molar-refractivity contribution in [3.8, 4) is 11.5 Å². The molecule has 0 aliphatic rings. The van der Waals surface area contributed by atoms with Crippen molar-refractivity contribution in [1.29, 1.82) is 0 Å². The molecule has 142 valence electrons. The van der Waals surface area contributed by atoms with Gasteiger partial charge < -0.3 is 13.9 Å². The molecule has 5 nitrogen and oxygen atoms in total. The first kappa shape index (κ1) is 19.0. The normalized spacial score (nSPS) is 11.2. The lowest BCUT2D eigenvalue weighted by atomic mass is 10.0. The third kappa shape index (κ3) is 3.83. The number of benzene rings is 2. The number of para-hydroxylation sites is 1. The zero-order valence-corrected chi connectivity index (χ0v) is 16.5. The monoisotopic (exact) mass is 367 g/mol. The van der Waals surface area contributed by atoms with Gasteiger partial charge in [0, 0.05) is 30.1 Å². The first-order chi connectivity index (χ1) is 12.9. The Bertz CT molecular complexity index is 1020. The van der Waals surface area contributed by atoms with E-state index in [0.717, 1.165) is 33.4 Å². The van der Waals surface area contributed by atoms with Crippen LogP contribution in [0.3, 0.4) is 0 Å². The van der Waals surface area contributed by atoms with Crippen molar-refractivity contribution in [1.82, 2.24) is 4.90 Å². The van der Waals surface area contributed by atoms with E-state index >= 15 is 0 Å². The quantitative estimate of drug-likeness (QED) is 0.615. The van der Waals surface area contributed by atoms with Crippen LogP contribution in [0.2, 0.25) is 0 Å². The molecule has 0 spiro atoms. The molecule has 3 aromatic rings. The molecule has 0 aliphatic heterocycles. The van der Waals surface area contributed by atoms with Crippen molar-refractivity contribution < 1.29 is 13.9 Å². The van der Waals surface area contributed by atoms with E-state index in [0.29, 0.717) is 24.4 Å². The van der Waals surface area contributed by atoms with Gasteiger partial charge in [-0.3, -0.25) is 4.90 Å². The molecular weight excluding hydrogens is 342 g/mol. The smallest absolute Gasteiger partial charge is 0.336 e. The molecule has 0 atom stereocenters. The fraction of sp³-hybridized carbons (Fsp3) is 0.318. The van der Waals surface area contributed by atoms with Gasteiger partial charge in [-0.25, -0.2) is 4.79 Å². The van der Waals surface area contributed by atoms with Crippen molar-refractivity contribution in [2.24, 2.45) is 0 Å². The number of hydrogen-bond acceptors (Lipinski definition) is 5. The van der Waals surface area contributed by atoms with Crippen LogP contribution in [0.5, 0.6) is 11.5 Å². The molecular formula is C22H25NO4. The fourth-order valence-corrected chi connectivity index (χ4v) is 3.37. The van der Waals surface area contributed by atoms with Crippen LogP contribution in [-0.4, -0.2) is 26.2 Å². The van der Waals surface area contributed by atoms with Gasteiger partial charge in [-0.05, 0) is 43.7 Å². The molecule has 0 radical (unpaired) electrons. The van der Waals surface area contributed by atoms with Gasteiger partial charge >= 0.3 is 5.63 Å². The molecule has 0 amide bonds.